The van der Waals surface area contributed by atoms with Gasteiger partial charge in [-0.15, -0.1) is 0 Å². The van der Waals surface area contributed by atoms with Gasteiger partial charge < -0.3 is 15.8 Å². The second kappa shape index (κ2) is 8.06. The minimum atomic E-state index is -0.859. The molecule has 0 bridgehead atoms. The van der Waals surface area contributed by atoms with Crippen molar-refractivity contribution >= 4 is 11.9 Å². The normalized spacial score (nSPS) is 12.5. The van der Waals surface area contributed by atoms with Crippen molar-refractivity contribution in [2.24, 2.45) is 5.73 Å². The second-order valence-corrected chi connectivity index (χ2v) is 3.83. The highest BCUT2D eigenvalue weighted by atomic mass is 16.5. The molecule has 0 fully saturated rings. The van der Waals surface area contributed by atoms with Crippen molar-refractivity contribution in [2.45, 2.75) is 39.3 Å². The first-order chi connectivity index (χ1) is 7.43. The van der Waals surface area contributed by atoms with E-state index in [0.717, 1.165) is 13.0 Å². The molecule has 3 amide bonds. The second-order valence-electron chi connectivity index (χ2n) is 3.83. The fourth-order valence-electron chi connectivity index (χ4n) is 1.02. The highest BCUT2D eigenvalue weighted by Crippen LogP contribution is 1.92. The maximum Gasteiger partial charge on any atom is 0.318 e. The molecule has 0 heterocycles. The molecule has 0 aromatic rings. The summed E-state index contributed by atoms with van der Waals surface area (Å²) in [6, 6.07) is -0.419. The van der Waals surface area contributed by atoms with Crippen LogP contribution in [0, 0.1) is 0 Å². The van der Waals surface area contributed by atoms with Crippen LogP contribution in [0.4, 0.5) is 4.79 Å². The van der Waals surface area contributed by atoms with Gasteiger partial charge in [0.1, 0.15) is 6.10 Å². The number of carbonyl (C=O) groups is 2. The summed E-state index contributed by atoms with van der Waals surface area (Å²) in [6.07, 6.45) is 0.151. The van der Waals surface area contributed by atoms with Crippen LogP contribution in [0.15, 0.2) is 0 Å². The molecule has 0 aromatic heterocycles. The first-order valence-electron chi connectivity index (χ1n) is 5.38. The molecule has 0 radical (unpaired) electrons. The van der Waals surface area contributed by atoms with Crippen LogP contribution in [0.1, 0.15) is 27.2 Å². The van der Waals surface area contributed by atoms with E-state index >= 15 is 0 Å². The Morgan fingerprint density at radius 2 is 1.94 bits per heavy atom. The van der Waals surface area contributed by atoms with Crippen LogP contribution in [0.25, 0.3) is 0 Å². The third-order valence-corrected chi connectivity index (χ3v) is 1.86. The third kappa shape index (κ3) is 8.19. The number of hydrogen-bond acceptors (Lipinski definition) is 4. The highest BCUT2D eigenvalue weighted by molar-refractivity contribution is 5.95. The van der Waals surface area contributed by atoms with Gasteiger partial charge in [0, 0.05) is 12.6 Å². The zero-order valence-electron chi connectivity index (χ0n) is 10.1. The van der Waals surface area contributed by atoms with Crippen LogP contribution in [0.5, 0.6) is 0 Å². The highest BCUT2D eigenvalue weighted by Gasteiger charge is 2.14. The van der Waals surface area contributed by atoms with E-state index in [1.165, 1.54) is 0 Å². The summed E-state index contributed by atoms with van der Waals surface area (Å²) in [4.78, 5) is 21.6. The quantitative estimate of drug-likeness (QED) is 0.536. The number of carbonyl (C=O) groups excluding carboxylic acids is 2. The summed E-state index contributed by atoms with van der Waals surface area (Å²) >= 11 is 0. The Morgan fingerprint density at radius 1 is 1.31 bits per heavy atom. The molecule has 6 nitrogen and oxygen atoms in total. The van der Waals surface area contributed by atoms with Gasteiger partial charge in [-0.2, -0.15) is 0 Å². The maximum absolute atomic E-state index is 11.2. The Balaban J connectivity index is 3.53. The van der Waals surface area contributed by atoms with Gasteiger partial charge in [0.25, 0.3) is 5.91 Å². The van der Waals surface area contributed by atoms with Gasteiger partial charge in [0.15, 0.2) is 0 Å². The van der Waals surface area contributed by atoms with Gasteiger partial charge in [-0.25, -0.2) is 4.79 Å². The molecule has 0 aromatic carbocycles. The summed E-state index contributed by atoms with van der Waals surface area (Å²) in [6.45, 7) is 7.00. The van der Waals surface area contributed by atoms with Crippen molar-refractivity contribution in [3.63, 3.8) is 0 Å². The van der Waals surface area contributed by atoms with Gasteiger partial charge >= 0.3 is 6.03 Å². The van der Waals surface area contributed by atoms with E-state index in [4.69, 9.17) is 10.5 Å². The number of nitrogens with two attached hydrogens (primary N) is 1. The first-order valence-corrected chi connectivity index (χ1v) is 5.38. The number of hydrogen-bond donors (Lipinski definition) is 3. The average Bonchev–Trinajstić information content (AvgIpc) is 2.15. The molecule has 4 N–H and O–H groups in total. The van der Waals surface area contributed by atoms with Crippen LogP contribution < -0.4 is 16.4 Å². The molecular formula is C10H21N3O3. The minimum Gasteiger partial charge on any atom is -0.369 e. The molecule has 1 unspecified atom stereocenters. The van der Waals surface area contributed by atoms with Gasteiger partial charge in [0.2, 0.25) is 0 Å². The Hall–Kier alpha value is -1.14. The topological polar surface area (TPSA) is 93.4 Å². The molecule has 0 rings (SSSR count). The number of urea groups is 1. The molecule has 94 valence electrons. The summed E-state index contributed by atoms with van der Waals surface area (Å²) in [7, 11) is 0. The van der Waals surface area contributed by atoms with E-state index in [-0.39, 0.29) is 0 Å². The Bertz CT molecular complexity index is 231. The fourth-order valence-corrected chi connectivity index (χ4v) is 1.02. The van der Waals surface area contributed by atoms with Crippen LogP contribution in [-0.2, 0) is 9.53 Å². The van der Waals surface area contributed by atoms with Crippen molar-refractivity contribution in [3.05, 3.63) is 0 Å². The van der Waals surface area contributed by atoms with Crippen molar-refractivity contribution in [1.29, 1.82) is 0 Å². The molecule has 0 aliphatic rings. The van der Waals surface area contributed by atoms with Crippen LogP contribution >= 0.6 is 0 Å². The lowest BCUT2D eigenvalue weighted by Crippen LogP contribution is -2.41. The van der Waals surface area contributed by atoms with Gasteiger partial charge in [-0.05, 0) is 19.9 Å². The van der Waals surface area contributed by atoms with Crippen molar-refractivity contribution < 1.29 is 14.3 Å². The summed E-state index contributed by atoms with van der Waals surface area (Å²) in [5.74, 6) is -0.510. The summed E-state index contributed by atoms with van der Waals surface area (Å²) in [5.41, 5.74) is 4.80. The third-order valence-electron chi connectivity index (χ3n) is 1.86. The van der Waals surface area contributed by atoms with Crippen LogP contribution in [0.3, 0.4) is 0 Å². The Morgan fingerprint density at radius 3 is 2.44 bits per heavy atom. The summed E-state index contributed by atoms with van der Waals surface area (Å²) < 4.78 is 5.23. The van der Waals surface area contributed by atoms with Gasteiger partial charge in [-0.3, -0.25) is 10.1 Å². The number of amides is 3. The standard InChI is InChI=1S/C10H21N3O3/c1-7(2)12-5-4-6-16-8(3)9(14)13-10(11)15/h7-8,12H,4-6H2,1-3H3,(H3,11,13,14,15). The molecule has 0 saturated heterocycles. The fraction of sp³-hybridized carbons (Fsp3) is 0.800. The number of ether oxygens (including phenoxy) is 1. The predicted molar refractivity (Wildman–Crippen MR) is 60.9 cm³/mol. The van der Waals surface area contributed by atoms with E-state index in [0.29, 0.717) is 12.6 Å². The van der Waals surface area contributed by atoms with E-state index in [1.807, 2.05) is 5.32 Å². The Kier molecular flexibility index (Phi) is 7.49. The number of primary amides is 1. The zero-order chi connectivity index (χ0) is 12.6. The molecule has 16 heavy (non-hydrogen) atoms. The zero-order valence-corrected chi connectivity index (χ0v) is 10.1. The molecular weight excluding hydrogens is 210 g/mol. The average molecular weight is 231 g/mol. The van der Waals surface area contributed by atoms with E-state index in [9.17, 15) is 9.59 Å². The lowest BCUT2D eigenvalue weighted by molar-refractivity contribution is -0.130. The van der Waals surface area contributed by atoms with Crippen molar-refractivity contribution in [2.75, 3.05) is 13.2 Å². The number of nitrogens with one attached hydrogen (secondary N) is 2. The predicted octanol–water partition coefficient (Wildman–Crippen LogP) is -0.0255. The molecule has 1 atom stereocenters. The number of imide groups is 1. The maximum atomic E-state index is 11.2. The van der Waals surface area contributed by atoms with E-state index in [2.05, 4.69) is 19.2 Å². The van der Waals surface area contributed by atoms with Gasteiger partial charge in [-0.1, -0.05) is 13.8 Å². The summed E-state index contributed by atoms with van der Waals surface area (Å²) in [5, 5.41) is 5.19. The molecule has 6 heteroatoms. The monoisotopic (exact) mass is 231 g/mol. The minimum absolute atomic E-state index is 0.440. The molecule has 0 spiro atoms. The van der Waals surface area contributed by atoms with Crippen LogP contribution in [-0.4, -0.2) is 37.2 Å². The number of rotatable bonds is 7. The lowest BCUT2D eigenvalue weighted by Gasteiger charge is -2.12. The molecule has 0 aliphatic carbocycles. The SMILES string of the molecule is CC(C)NCCCOC(C)C(=O)NC(N)=O. The van der Waals surface area contributed by atoms with Gasteiger partial charge in [0.05, 0.1) is 0 Å². The molecule has 0 aliphatic heterocycles. The van der Waals surface area contributed by atoms with E-state index in [1.54, 1.807) is 6.92 Å². The molecule has 0 saturated carbocycles. The first kappa shape index (κ1) is 14.9. The van der Waals surface area contributed by atoms with E-state index < -0.39 is 18.0 Å². The lowest BCUT2D eigenvalue weighted by atomic mass is 10.3. The van der Waals surface area contributed by atoms with Crippen molar-refractivity contribution in [3.8, 4) is 0 Å². The van der Waals surface area contributed by atoms with Crippen LogP contribution in [0.2, 0.25) is 0 Å². The largest absolute Gasteiger partial charge is 0.369 e. The smallest absolute Gasteiger partial charge is 0.318 e. The van der Waals surface area contributed by atoms with Crippen molar-refractivity contribution in [1.82, 2.24) is 10.6 Å². The Labute approximate surface area is 95.9 Å².